The predicted octanol–water partition coefficient (Wildman–Crippen LogP) is 2.21. The normalized spacial score (nSPS) is 20.6. The molecule has 3 rings (SSSR count). The molecule has 0 aliphatic carbocycles. The highest BCUT2D eigenvalue weighted by atomic mass is 15.2. The van der Waals surface area contributed by atoms with Crippen LogP contribution in [0.1, 0.15) is 37.4 Å². The van der Waals surface area contributed by atoms with Crippen LogP contribution in [0.15, 0.2) is 24.5 Å². The Balaban J connectivity index is 1.79. The number of nitrogens with two attached hydrogens (primary N) is 1. The maximum absolute atomic E-state index is 5.69. The molecule has 4 nitrogen and oxygen atoms in total. The molecule has 1 aliphatic rings. The summed E-state index contributed by atoms with van der Waals surface area (Å²) in [6, 6.07) is 4.81. The highest BCUT2D eigenvalue weighted by Crippen LogP contribution is 2.20. The fourth-order valence-electron chi connectivity index (χ4n) is 3.25. The maximum Gasteiger partial charge on any atom is 0.137 e. The van der Waals surface area contributed by atoms with E-state index < -0.39 is 0 Å². The van der Waals surface area contributed by atoms with Crippen molar-refractivity contribution < 1.29 is 0 Å². The van der Waals surface area contributed by atoms with Crippen LogP contribution in [0.3, 0.4) is 0 Å². The molecule has 20 heavy (non-hydrogen) atoms. The number of piperidine rings is 1. The second-order valence-corrected chi connectivity index (χ2v) is 5.72. The van der Waals surface area contributed by atoms with Gasteiger partial charge in [-0.15, -0.1) is 0 Å². The maximum atomic E-state index is 5.69. The van der Waals surface area contributed by atoms with Crippen LogP contribution in [-0.2, 0) is 13.0 Å². The topological polar surface area (TPSA) is 46.6 Å². The Kier molecular flexibility index (Phi) is 4.03. The number of rotatable bonds is 4. The molecule has 0 aromatic carbocycles. The van der Waals surface area contributed by atoms with Crippen molar-refractivity contribution in [1.82, 2.24) is 14.3 Å². The van der Waals surface area contributed by atoms with Crippen LogP contribution in [0.2, 0.25) is 0 Å². The number of likely N-dealkylation sites (tertiary alicyclic amines) is 1. The molecule has 2 N–H and O–H groups in total. The molecule has 2 aromatic rings. The van der Waals surface area contributed by atoms with Crippen LogP contribution in [0.4, 0.5) is 0 Å². The van der Waals surface area contributed by atoms with Gasteiger partial charge in [0.2, 0.25) is 0 Å². The van der Waals surface area contributed by atoms with Gasteiger partial charge in [-0.05, 0) is 43.6 Å². The third-order valence-corrected chi connectivity index (χ3v) is 4.41. The molecule has 4 heteroatoms. The summed E-state index contributed by atoms with van der Waals surface area (Å²) in [5.74, 6) is 0. The highest BCUT2D eigenvalue weighted by molar-refractivity contribution is 5.43. The van der Waals surface area contributed by atoms with Crippen molar-refractivity contribution >= 4 is 5.65 Å². The largest absolute Gasteiger partial charge is 0.326 e. The lowest BCUT2D eigenvalue weighted by molar-refractivity contribution is 0.155. The Morgan fingerprint density at radius 1 is 1.40 bits per heavy atom. The summed E-state index contributed by atoms with van der Waals surface area (Å²) in [5, 5.41) is 0. The molecule has 1 fully saturated rings. The number of aromatic nitrogens is 2. The van der Waals surface area contributed by atoms with Gasteiger partial charge in [-0.1, -0.05) is 13.3 Å². The molecule has 0 spiro atoms. The minimum atomic E-state index is 0.574. The summed E-state index contributed by atoms with van der Waals surface area (Å²) < 4.78 is 2.10. The summed E-state index contributed by atoms with van der Waals surface area (Å²) >= 11 is 0. The highest BCUT2D eigenvalue weighted by Gasteiger charge is 2.22. The first-order chi connectivity index (χ1) is 9.80. The molecular formula is C16H24N4. The average molecular weight is 272 g/mol. The van der Waals surface area contributed by atoms with Gasteiger partial charge in [0.1, 0.15) is 5.65 Å². The van der Waals surface area contributed by atoms with Crippen LogP contribution < -0.4 is 5.73 Å². The van der Waals surface area contributed by atoms with Crippen molar-refractivity contribution in [1.29, 1.82) is 0 Å². The van der Waals surface area contributed by atoms with Crippen LogP contribution in [0, 0.1) is 0 Å². The van der Waals surface area contributed by atoms with Crippen molar-refractivity contribution in [2.45, 2.75) is 45.2 Å². The van der Waals surface area contributed by atoms with E-state index in [0.29, 0.717) is 12.6 Å². The third kappa shape index (κ3) is 2.72. The number of fused-ring (bicyclic) bond motifs is 1. The summed E-state index contributed by atoms with van der Waals surface area (Å²) in [6.45, 7) is 5.22. The van der Waals surface area contributed by atoms with Crippen LogP contribution in [0.25, 0.3) is 5.65 Å². The van der Waals surface area contributed by atoms with E-state index in [4.69, 9.17) is 10.7 Å². The number of pyridine rings is 1. The zero-order chi connectivity index (χ0) is 13.9. The minimum absolute atomic E-state index is 0.574. The molecule has 3 heterocycles. The fraction of sp³-hybridized carbons (Fsp3) is 0.562. The Bertz CT molecular complexity index is 575. The van der Waals surface area contributed by atoms with Gasteiger partial charge >= 0.3 is 0 Å². The third-order valence-electron chi connectivity index (χ3n) is 4.41. The van der Waals surface area contributed by atoms with E-state index in [9.17, 15) is 0 Å². The van der Waals surface area contributed by atoms with Crippen molar-refractivity contribution in [2.75, 3.05) is 13.1 Å². The minimum Gasteiger partial charge on any atom is -0.326 e. The van der Waals surface area contributed by atoms with Crippen molar-refractivity contribution in [3.05, 3.63) is 35.8 Å². The molecule has 0 radical (unpaired) electrons. The molecule has 0 saturated carbocycles. The monoisotopic (exact) mass is 272 g/mol. The van der Waals surface area contributed by atoms with Gasteiger partial charge in [-0.2, -0.15) is 0 Å². The average Bonchev–Trinajstić information content (AvgIpc) is 2.89. The van der Waals surface area contributed by atoms with E-state index in [-0.39, 0.29) is 0 Å². The lowest BCUT2D eigenvalue weighted by Crippen LogP contribution is -2.40. The summed E-state index contributed by atoms with van der Waals surface area (Å²) in [6.07, 6.45) is 9.29. The summed E-state index contributed by atoms with van der Waals surface area (Å²) in [4.78, 5) is 7.36. The van der Waals surface area contributed by atoms with E-state index in [1.807, 2.05) is 0 Å². The first kappa shape index (κ1) is 13.6. The standard InChI is InChI=1S/C16H24N4/c1-2-19-7-4-3-5-15(19)10-14-12-20-8-6-13(11-17)9-16(20)18-14/h6,8-9,12,15H,2-5,7,10-11,17H2,1H3. The first-order valence-electron chi connectivity index (χ1n) is 7.70. The number of hydrogen-bond acceptors (Lipinski definition) is 3. The SMILES string of the molecule is CCN1CCCCC1Cc1cn2ccc(CN)cc2n1. The number of hydrogen-bond donors (Lipinski definition) is 1. The van der Waals surface area contributed by atoms with Crippen LogP contribution in [0.5, 0.6) is 0 Å². The van der Waals surface area contributed by atoms with E-state index in [0.717, 1.165) is 24.2 Å². The van der Waals surface area contributed by atoms with Crippen molar-refractivity contribution in [3.63, 3.8) is 0 Å². The lowest BCUT2D eigenvalue weighted by Gasteiger charge is -2.34. The van der Waals surface area contributed by atoms with Crippen molar-refractivity contribution in [2.24, 2.45) is 5.73 Å². The molecular weight excluding hydrogens is 248 g/mol. The fourth-order valence-corrected chi connectivity index (χ4v) is 3.25. The molecule has 1 atom stereocenters. The smallest absolute Gasteiger partial charge is 0.137 e. The first-order valence-corrected chi connectivity index (χ1v) is 7.70. The van der Waals surface area contributed by atoms with Gasteiger partial charge in [0.25, 0.3) is 0 Å². The van der Waals surface area contributed by atoms with Crippen LogP contribution in [-0.4, -0.2) is 33.4 Å². The lowest BCUT2D eigenvalue weighted by atomic mass is 9.98. The van der Waals surface area contributed by atoms with Gasteiger partial charge in [0, 0.05) is 31.4 Å². The Morgan fingerprint density at radius 2 is 2.30 bits per heavy atom. The number of imidazole rings is 1. The zero-order valence-corrected chi connectivity index (χ0v) is 12.3. The van der Waals surface area contributed by atoms with Gasteiger partial charge in [-0.3, -0.25) is 0 Å². The molecule has 1 unspecified atom stereocenters. The Hall–Kier alpha value is -1.39. The Morgan fingerprint density at radius 3 is 3.10 bits per heavy atom. The second-order valence-electron chi connectivity index (χ2n) is 5.72. The van der Waals surface area contributed by atoms with E-state index in [2.05, 4.69) is 40.8 Å². The van der Waals surface area contributed by atoms with Gasteiger partial charge < -0.3 is 15.0 Å². The van der Waals surface area contributed by atoms with Crippen LogP contribution >= 0.6 is 0 Å². The van der Waals surface area contributed by atoms with E-state index >= 15 is 0 Å². The summed E-state index contributed by atoms with van der Waals surface area (Å²) in [7, 11) is 0. The van der Waals surface area contributed by atoms with E-state index in [1.54, 1.807) is 0 Å². The van der Waals surface area contributed by atoms with E-state index in [1.165, 1.54) is 31.5 Å². The molecule has 1 aliphatic heterocycles. The number of likely N-dealkylation sites (N-methyl/N-ethyl adjacent to an activating group) is 1. The predicted molar refractivity (Wildman–Crippen MR) is 81.7 cm³/mol. The molecule has 1 saturated heterocycles. The van der Waals surface area contributed by atoms with Crippen molar-refractivity contribution in [3.8, 4) is 0 Å². The quantitative estimate of drug-likeness (QED) is 0.928. The van der Waals surface area contributed by atoms with Gasteiger partial charge in [-0.25, -0.2) is 4.98 Å². The summed E-state index contributed by atoms with van der Waals surface area (Å²) in [5.41, 5.74) is 9.04. The zero-order valence-electron chi connectivity index (χ0n) is 12.3. The number of nitrogens with zero attached hydrogens (tertiary/aromatic N) is 3. The molecule has 108 valence electrons. The van der Waals surface area contributed by atoms with Gasteiger partial charge in [0.15, 0.2) is 0 Å². The van der Waals surface area contributed by atoms with Gasteiger partial charge in [0.05, 0.1) is 5.69 Å². The Labute approximate surface area is 120 Å². The second kappa shape index (κ2) is 5.94. The molecule has 0 bridgehead atoms. The molecule has 0 amide bonds. The molecule has 2 aromatic heterocycles.